The van der Waals surface area contributed by atoms with Gasteiger partial charge in [0.15, 0.2) is 0 Å². The minimum atomic E-state index is 0.115. The van der Waals surface area contributed by atoms with Crippen LogP contribution in [0.4, 0.5) is 0 Å². The van der Waals surface area contributed by atoms with Crippen LogP contribution in [0.3, 0.4) is 0 Å². The van der Waals surface area contributed by atoms with E-state index in [9.17, 15) is 4.79 Å². The van der Waals surface area contributed by atoms with E-state index >= 15 is 0 Å². The largest absolute Gasteiger partial charge is 0.351 e. The maximum Gasteiger partial charge on any atom is 0.224 e. The van der Waals surface area contributed by atoms with Gasteiger partial charge < -0.3 is 10.6 Å². The normalized spacial score (nSPS) is 25.1. The van der Waals surface area contributed by atoms with Crippen molar-refractivity contribution < 1.29 is 4.79 Å². The van der Waals surface area contributed by atoms with Crippen molar-refractivity contribution in [3.05, 3.63) is 48.0 Å². The van der Waals surface area contributed by atoms with E-state index in [2.05, 4.69) is 42.7 Å². The van der Waals surface area contributed by atoms with E-state index in [1.165, 1.54) is 10.8 Å². The molecule has 116 valence electrons. The lowest BCUT2D eigenvalue weighted by Crippen LogP contribution is -2.56. The number of rotatable bonds is 3. The second-order valence-corrected chi connectivity index (χ2v) is 6.42. The zero-order valence-corrected chi connectivity index (χ0v) is 13.3. The van der Waals surface area contributed by atoms with Crippen molar-refractivity contribution >= 4 is 16.7 Å². The zero-order valence-electron chi connectivity index (χ0n) is 13.3. The van der Waals surface area contributed by atoms with Crippen molar-refractivity contribution in [3.8, 4) is 0 Å². The number of benzene rings is 2. The second-order valence-electron chi connectivity index (χ2n) is 6.42. The molecule has 0 bridgehead atoms. The molecule has 3 rings (SSSR count). The van der Waals surface area contributed by atoms with E-state index < -0.39 is 0 Å². The molecule has 1 saturated heterocycles. The Morgan fingerprint density at radius 2 is 1.95 bits per heavy atom. The molecule has 1 fully saturated rings. The molecule has 1 aliphatic rings. The lowest BCUT2D eigenvalue weighted by atomic mass is 9.89. The minimum absolute atomic E-state index is 0.115. The lowest BCUT2D eigenvalue weighted by Gasteiger charge is -2.36. The summed E-state index contributed by atoms with van der Waals surface area (Å²) in [5.41, 5.74) is 1.10. The van der Waals surface area contributed by atoms with Gasteiger partial charge in [0.1, 0.15) is 0 Å². The fourth-order valence-electron chi connectivity index (χ4n) is 3.46. The average molecular weight is 296 g/mol. The van der Waals surface area contributed by atoms with Crippen LogP contribution in [0.1, 0.15) is 25.8 Å². The van der Waals surface area contributed by atoms with E-state index in [-0.39, 0.29) is 11.9 Å². The van der Waals surface area contributed by atoms with Crippen LogP contribution in [-0.2, 0) is 11.2 Å². The number of piperidine rings is 1. The van der Waals surface area contributed by atoms with Crippen molar-refractivity contribution in [2.75, 3.05) is 6.54 Å². The number of hydrogen-bond acceptors (Lipinski definition) is 2. The molecule has 3 nitrogen and oxygen atoms in total. The summed E-state index contributed by atoms with van der Waals surface area (Å²) in [5, 5.41) is 9.03. The molecule has 3 atom stereocenters. The molecule has 0 aliphatic carbocycles. The molecule has 0 spiro atoms. The Hall–Kier alpha value is -1.87. The predicted molar refractivity (Wildman–Crippen MR) is 90.8 cm³/mol. The fraction of sp³-hybridized carbons (Fsp3) is 0.421. The van der Waals surface area contributed by atoms with Gasteiger partial charge in [-0.25, -0.2) is 0 Å². The van der Waals surface area contributed by atoms with Crippen molar-refractivity contribution in [2.24, 2.45) is 5.92 Å². The van der Waals surface area contributed by atoms with Gasteiger partial charge in [-0.15, -0.1) is 0 Å². The Morgan fingerprint density at radius 3 is 2.77 bits per heavy atom. The van der Waals surface area contributed by atoms with Gasteiger partial charge in [0.25, 0.3) is 0 Å². The van der Waals surface area contributed by atoms with Crippen LogP contribution in [0.2, 0.25) is 0 Å². The number of carbonyl (C=O) groups is 1. The van der Waals surface area contributed by atoms with Crippen LogP contribution in [-0.4, -0.2) is 24.5 Å². The van der Waals surface area contributed by atoms with Gasteiger partial charge in [0, 0.05) is 12.1 Å². The Morgan fingerprint density at radius 1 is 1.18 bits per heavy atom. The predicted octanol–water partition coefficient (Wildman–Crippen LogP) is 2.89. The molecule has 2 aromatic carbocycles. The summed E-state index contributed by atoms with van der Waals surface area (Å²) in [6.07, 6.45) is 1.56. The van der Waals surface area contributed by atoms with E-state index in [0.717, 1.165) is 18.5 Å². The first kappa shape index (κ1) is 15.0. The number of hydrogen-bond donors (Lipinski definition) is 2. The van der Waals surface area contributed by atoms with Gasteiger partial charge in [0.05, 0.1) is 6.42 Å². The Labute approximate surface area is 132 Å². The molecule has 22 heavy (non-hydrogen) atoms. The van der Waals surface area contributed by atoms with Gasteiger partial charge in [-0.3, -0.25) is 4.79 Å². The Balaban J connectivity index is 1.73. The molecule has 0 aromatic heterocycles. The highest BCUT2D eigenvalue weighted by Crippen LogP contribution is 2.20. The summed E-state index contributed by atoms with van der Waals surface area (Å²) in [6.45, 7) is 5.41. The summed E-state index contributed by atoms with van der Waals surface area (Å²) in [4.78, 5) is 12.5. The van der Waals surface area contributed by atoms with Crippen LogP contribution in [0, 0.1) is 5.92 Å². The first-order valence-electron chi connectivity index (χ1n) is 8.14. The third kappa shape index (κ3) is 3.14. The van der Waals surface area contributed by atoms with Crippen LogP contribution in [0.15, 0.2) is 42.5 Å². The molecule has 3 unspecified atom stereocenters. The monoisotopic (exact) mass is 296 g/mol. The van der Waals surface area contributed by atoms with E-state index in [1.807, 2.05) is 24.3 Å². The molecule has 2 N–H and O–H groups in total. The Kier molecular flexibility index (Phi) is 4.44. The van der Waals surface area contributed by atoms with Crippen molar-refractivity contribution in [1.82, 2.24) is 10.6 Å². The summed E-state index contributed by atoms with van der Waals surface area (Å²) >= 11 is 0. The molecule has 1 amide bonds. The van der Waals surface area contributed by atoms with Gasteiger partial charge >= 0.3 is 0 Å². The minimum Gasteiger partial charge on any atom is -0.351 e. The zero-order chi connectivity index (χ0) is 15.5. The maximum absolute atomic E-state index is 12.5. The average Bonchev–Trinajstić information content (AvgIpc) is 2.51. The van der Waals surface area contributed by atoms with Crippen LogP contribution >= 0.6 is 0 Å². The maximum atomic E-state index is 12.5. The Bertz CT molecular complexity index is 652. The summed E-state index contributed by atoms with van der Waals surface area (Å²) < 4.78 is 0. The number of carbonyl (C=O) groups excluding carboxylic acids is 1. The molecule has 1 heterocycles. The SMILES string of the molecule is CC1CCNC(C)C1NC(=O)Cc1cccc2ccccc12. The molecular weight excluding hydrogens is 272 g/mol. The van der Waals surface area contributed by atoms with E-state index in [1.54, 1.807) is 0 Å². The molecule has 0 radical (unpaired) electrons. The highest BCUT2D eigenvalue weighted by Gasteiger charge is 2.28. The van der Waals surface area contributed by atoms with Crippen molar-refractivity contribution in [1.29, 1.82) is 0 Å². The summed E-state index contributed by atoms with van der Waals surface area (Å²) in [7, 11) is 0. The second kappa shape index (κ2) is 6.49. The molecule has 2 aromatic rings. The van der Waals surface area contributed by atoms with Crippen LogP contribution in [0.5, 0.6) is 0 Å². The lowest BCUT2D eigenvalue weighted by molar-refractivity contribution is -0.121. The van der Waals surface area contributed by atoms with Gasteiger partial charge in [-0.05, 0) is 42.1 Å². The first-order chi connectivity index (χ1) is 10.6. The molecule has 1 aliphatic heterocycles. The van der Waals surface area contributed by atoms with Gasteiger partial charge in [0.2, 0.25) is 5.91 Å². The third-order valence-corrected chi connectivity index (χ3v) is 4.78. The van der Waals surface area contributed by atoms with Crippen molar-refractivity contribution in [2.45, 2.75) is 38.8 Å². The summed E-state index contributed by atoms with van der Waals surface area (Å²) in [5.74, 6) is 0.636. The van der Waals surface area contributed by atoms with Crippen molar-refractivity contribution in [3.63, 3.8) is 0 Å². The highest BCUT2D eigenvalue weighted by molar-refractivity contribution is 5.90. The summed E-state index contributed by atoms with van der Waals surface area (Å²) in [6, 6.07) is 15.0. The van der Waals surface area contributed by atoms with Crippen LogP contribution < -0.4 is 10.6 Å². The smallest absolute Gasteiger partial charge is 0.224 e. The van der Waals surface area contributed by atoms with E-state index in [0.29, 0.717) is 18.4 Å². The molecule has 3 heteroatoms. The fourth-order valence-corrected chi connectivity index (χ4v) is 3.46. The van der Waals surface area contributed by atoms with Crippen LogP contribution in [0.25, 0.3) is 10.8 Å². The number of nitrogens with one attached hydrogen (secondary N) is 2. The molecular formula is C19H24N2O. The highest BCUT2D eigenvalue weighted by atomic mass is 16.1. The third-order valence-electron chi connectivity index (χ3n) is 4.78. The standard InChI is InChI=1S/C19H24N2O/c1-13-10-11-20-14(2)19(13)21-18(22)12-16-8-5-7-15-6-3-4-9-17(15)16/h3-9,13-14,19-20H,10-12H2,1-2H3,(H,21,22). The van der Waals surface area contributed by atoms with Gasteiger partial charge in [-0.1, -0.05) is 49.4 Å². The topological polar surface area (TPSA) is 41.1 Å². The number of amides is 1. The first-order valence-corrected chi connectivity index (χ1v) is 8.14. The van der Waals surface area contributed by atoms with Gasteiger partial charge in [-0.2, -0.15) is 0 Å². The quantitative estimate of drug-likeness (QED) is 0.914. The number of fused-ring (bicyclic) bond motifs is 1. The molecule has 0 saturated carbocycles. The van der Waals surface area contributed by atoms with E-state index in [4.69, 9.17) is 0 Å².